The van der Waals surface area contributed by atoms with Gasteiger partial charge >= 0.3 is 0 Å². The summed E-state index contributed by atoms with van der Waals surface area (Å²) < 4.78 is 0. The van der Waals surface area contributed by atoms with Gasteiger partial charge in [0, 0.05) is 24.1 Å². The summed E-state index contributed by atoms with van der Waals surface area (Å²) in [6, 6.07) is 12.8. The summed E-state index contributed by atoms with van der Waals surface area (Å²) in [6.45, 7) is 3.90. The third-order valence-electron chi connectivity index (χ3n) is 8.64. The number of carbonyl (C=O) groups excluding carboxylic acids is 1. The number of hydrogen-bond donors (Lipinski definition) is 1. The lowest BCUT2D eigenvalue weighted by Crippen LogP contribution is -2.41. The van der Waals surface area contributed by atoms with Crippen molar-refractivity contribution in [2.75, 3.05) is 25.1 Å². The highest BCUT2D eigenvalue weighted by Crippen LogP contribution is 2.44. The number of anilines is 1. The molecule has 6 rings (SSSR count). The van der Waals surface area contributed by atoms with Crippen molar-refractivity contribution in [2.45, 2.75) is 64.0 Å². The molecule has 1 saturated carbocycles. The number of carbonyl (C=O) groups is 1. The van der Waals surface area contributed by atoms with Crippen LogP contribution in [0.25, 0.3) is 0 Å². The van der Waals surface area contributed by atoms with E-state index in [2.05, 4.69) is 40.5 Å². The molecular weight excluding hydrogens is 448 g/mol. The van der Waals surface area contributed by atoms with Crippen molar-refractivity contribution in [2.24, 2.45) is 16.9 Å². The first-order valence-electron chi connectivity index (χ1n) is 13.4. The quantitative estimate of drug-likeness (QED) is 0.711. The van der Waals surface area contributed by atoms with E-state index < -0.39 is 0 Å². The lowest BCUT2D eigenvalue weighted by molar-refractivity contribution is 0.0933. The second-order valence-electron chi connectivity index (χ2n) is 11.0. The molecule has 2 aromatic rings. The first-order chi connectivity index (χ1) is 17.5. The van der Waals surface area contributed by atoms with E-state index in [0.717, 1.165) is 60.6 Å². The summed E-state index contributed by atoms with van der Waals surface area (Å²) in [4.78, 5) is 20.0. The Morgan fingerprint density at radius 3 is 2.69 bits per heavy atom. The molecule has 1 aromatic carbocycles. The van der Waals surface area contributed by atoms with Crippen molar-refractivity contribution in [3.63, 3.8) is 0 Å². The maximum atomic E-state index is 12.9. The summed E-state index contributed by atoms with van der Waals surface area (Å²) in [5.41, 5.74) is 6.48. The summed E-state index contributed by atoms with van der Waals surface area (Å²) in [5, 5.41) is 20.0. The van der Waals surface area contributed by atoms with Crippen LogP contribution in [0.15, 0.2) is 35.4 Å². The van der Waals surface area contributed by atoms with E-state index in [-0.39, 0.29) is 11.9 Å². The molecule has 36 heavy (non-hydrogen) atoms. The van der Waals surface area contributed by atoms with Crippen molar-refractivity contribution >= 4 is 17.3 Å². The van der Waals surface area contributed by atoms with Gasteiger partial charge in [-0.2, -0.15) is 10.4 Å². The largest absolute Gasteiger partial charge is 0.347 e. The van der Waals surface area contributed by atoms with Gasteiger partial charge in [-0.15, -0.1) is 0 Å². The van der Waals surface area contributed by atoms with Gasteiger partial charge in [-0.05, 0) is 94.4 Å². The van der Waals surface area contributed by atoms with Gasteiger partial charge < -0.3 is 10.2 Å². The average molecular weight is 483 g/mol. The Kier molecular flexibility index (Phi) is 6.00. The van der Waals surface area contributed by atoms with Crippen LogP contribution in [0.1, 0.15) is 71.4 Å². The fraction of sp³-hybridized carbons (Fsp3) is 0.517. The number of likely N-dealkylation sites (tertiary alicyclic amines) is 1. The van der Waals surface area contributed by atoms with Crippen molar-refractivity contribution in [1.82, 2.24) is 15.2 Å². The minimum Gasteiger partial charge on any atom is -0.347 e. The van der Waals surface area contributed by atoms with Crippen LogP contribution in [0.4, 0.5) is 5.69 Å². The predicted octanol–water partition coefficient (Wildman–Crippen LogP) is 4.04. The zero-order chi connectivity index (χ0) is 24.8. The van der Waals surface area contributed by atoms with Crippen LogP contribution in [0, 0.1) is 30.1 Å². The molecule has 4 aliphatic rings. The number of amides is 1. The number of likely N-dealkylation sites (N-methyl/N-ethyl adjacent to an activating group) is 1. The van der Waals surface area contributed by atoms with E-state index >= 15 is 0 Å². The molecule has 0 spiro atoms. The van der Waals surface area contributed by atoms with E-state index in [1.807, 2.05) is 25.1 Å². The van der Waals surface area contributed by atoms with Crippen molar-refractivity contribution in [3.8, 4) is 6.07 Å². The minimum absolute atomic E-state index is 0.0768. The molecule has 1 aromatic heterocycles. The summed E-state index contributed by atoms with van der Waals surface area (Å²) in [6.07, 6.45) is 7.93. The molecule has 0 bridgehead atoms. The fourth-order valence-corrected chi connectivity index (χ4v) is 6.78. The summed E-state index contributed by atoms with van der Waals surface area (Å²) in [5.74, 6) is 0.912. The van der Waals surface area contributed by atoms with Crippen LogP contribution < -0.4 is 10.3 Å². The molecular formula is C29H34N6O. The van der Waals surface area contributed by atoms with Gasteiger partial charge in [-0.1, -0.05) is 12.8 Å². The molecule has 1 N–H and O–H groups in total. The highest BCUT2D eigenvalue weighted by molar-refractivity contribution is 6.07. The predicted molar refractivity (Wildman–Crippen MR) is 140 cm³/mol. The lowest BCUT2D eigenvalue weighted by atomic mass is 9.76. The Hall–Kier alpha value is -3.24. The number of benzene rings is 1. The molecule has 3 atom stereocenters. The van der Waals surface area contributed by atoms with Crippen LogP contribution in [0.5, 0.6) is 0 Å². The van der Waals surface area contributed by atoms with Crippen LogP contribution in [0.3, 0.4) is 0 Å². The molecule has 2 aliphatic heterocycles. The van der Waals surface area contributed by atoms with E-state index in [0.29, 0.717) is 29.1 Å². The molecule has 3 heterocycles. The van der Waals surface area contributed by atoms with Crippen molar-refractivity contribution in [1.29, 1.82) is 5.26 Å². The van der Waals surface area contributed by atoms with E-state index in [1.54, 1.807) is 0 Å². The number of pyridine rings is 1. The van der Waals surface area contributed by atoms with Crippen LogP contribution in [-0.2, 0) is 6.42 Å². The number of hydrazone groups is 1. The average Bonchev–Trinajstić information content (AvgIpc) is 3.63. The first kappa shape index (κ1) is 23.2. The van der Waals surface area contributed by atoms with Gasteiger partial charge in [0.2, 0.25) is 0 Å². The standard InChI is InChI=1S/C29H34N6O/c1-18-15-22(8-7-20(18)16-30)35-28(19-5-3-4-6-19)24-10-11-25-23(27(24)33-35)9-12-26(32-25)29(36)31-21-13-14-34(2)17-21/h7-9,12,15,19,21,24,28H,3-6,10-11,13-14,17H2,1-2H3,(H,31,36). The summed E-state index contributed by atoms with van der Waals surface area (Å²) >= 11 is 0. The monoisotopic (exact) mass is 482 g/mol. The molecule has 7 heteroatoms. The number of rotatable bonds is 4. The minimum atomic E-state index is -0.0768. The van der Waals surface area contributed by atoms with Gasteiger partial charge in [0.1, 0.15) is 5.69 Å². The van der Waals surface area contributed by atoms with Crippen LogP contribution in [-0.4, -0.2) is 53.7 Å². The lowest BCUT2D eigenvalue weighted by Gasteiger charge is -2.34. The highest BCUT2D eigenvalue weighted by Gasteiger charge is 2.46. The van der Waals surface area contributed by atoms with Gasteiger partial charge in [-0.3, -0.25) is 9.80 Å². The van der Waals surface area contributed by atoms with Crippen molar-refractivity contribution < 1.29 is 4.79 Å². The number of nitriles is 1. The fourth-order valence-electron chi connectivity index (χ4n) is 6.78. The molecule has 1 saturated heterocycles. The smallest absolute Gasteiger partial charge is 0.270 e. The van der Waals surface area contributed by atoms with Crippen LogP contribution in [0.2, 0.25) is 0 Å². The Morgan fingerprint density at radius 1 is 1.14 bits per heavy atom. The van der Waals surface area contributed by atoms with Gasteiger partial charge in [0.25, 0.3) is 5.91 Å². The molecule has 0 radical (unpaired) electrons. The Balaban J connectivity index is 1.31. The molecule has 2 fully saturated rings. The normalized spacial score (nSPS) is 25.9. The van der Waals surface area contributed by atoms with E-state index in [9.17, 15) is 10.1 Å². The molecule has 186 valence electrons. The number of aromatic nitrogens is 1. The van der Waals surface area contributed by atoms with Crippen LogP contribution >= 0.6 is 0 Å². The SMILES string of the molecule is Cc1cc(N2N=C3c4ccc(C(=O)NC5CCN(C)C5)nc4CCC3C2C2CCCC2)ccc1C#N. The van der Waals surface area contributed by atoms with E-state index in [1.165, 1.54) is 25.7 Å². The van der Waals surface area contributed by atoms with Gasteiger partial charge in [0.15, 0.2) is 0 Å². The molecule has 3 unspecified atom stereocenters. The number of fused-ring (bicyclic) bond motifs is 3. The zero-order valence-corrected chi connectivity index (χ0v) is 21.2. The second-order valence-corrected chi connectivity index (χ2v) is 11.0. The summed E-state index contributed by atoms with van der Waals surface area (Å²) in [7, 11) is 2.09. The number of nitrogens with zero attached hydrogens (tertiary/aromatic N) is 5. The number of hydrogen-bond acceptors (Lipinski definition) is 6. The van der Waals surface area contributed by atoms with Gasteiger partial charge in [0.05, 0.1) is 34.8 Å². The first-order valence-corrected chi connectivity index (χ1v) is 13.4. The molecule has 2 aliphatic carbocycles. The highest BCUT2D eigenvalue weighted by atomic mass is 16.2. The van der Waals surface area contributed by atoms with Crippen molar-refractivity contribution in [3.05, 3.63) is 58.4 Å². The van der Waals surface area contributed by atoms with Gasteiger partial charge in [-0.25, -0.2) is 4.98 Å². The maximum absolute atomic E-state index is 12.9. The zero-order valence-electron chi connectivity index (χ0n) is 21.2. The molecule has 7 nitrogen and oxygen atoms in total. The topological polar surface area (TPSA) is 84.6 Å². The maximum Gasteiger partial charge on any atom is 0.270 e. The third kappa shape index (κ3) is 4.08. The number of aryl methyl sites for hydroxylation is 2. The Morgan fingerprint density at radius 2 is 1.97 bits per heavy atom. The number of nitrogens with one attached hydrogen (secondary N) is 1. The molecule has 1 amide bonds. The van der Waals surface area contributed by atoms with E-state index in [4.69, 9.17) is 10.1 Å². The second kappa shape index (κ2) is 9.33. The third-order valence-corrected chi connectivity index (χ3v) is 8.64. The Bertz CT molecular complexity index is 1260. The Labute approximate surface area is 213 Å².